The Morgan fingerprint density at radius 1 is 1.21 bits per heavy atom. The predicted molar refractivity (Wildman–Crippen MR) is 134 cm³/mol. The molecular weight excluding hydrogens is 570 g/mol. The number of hydrogen-bond acceptors (Lipinski definition) is 10. The number of phenols is 1. The molecule has 1 atom stereocenters. The second-order valence-corrected chi connectivity index (χ2v) is 8.95. The number of ether oxygens (including phenoxy) is 2. The monoisotopic (exact) mass is 591 g/mol. The SMILES string of the molecule is CCOc1cc(Br)c(Br)c(C(N=N)c2nc(Nc3ccccc3)nc(N3CCOCC3)n2)c1O. The van der Waals surface area contributed by atoms with E-state index < -0.39 is 6.04 Å². The summed E-state index contributed by atoms with van der Waals surface area (Å²) in [6.45, 7) is 4.55. The van der Waals surface area contributed by atoms with Crippen molar-refractivity contribution in [1.82, 2.24) is 15.0 Å². The zero-order valence-corrected chi connectivity index (χ0v) is 21.5. The van der Waals surface area contributed by atoms with Gasteiger partial charge >= 0.3 is 0 Å². The number of nitrogens with zero attached hydrogens (tertiary/aromatic N) is 5. The average Bonchev–Trinajstić information content (AvgIpc) is 2.86. The molecule has 0 spiro atoms. The number of aromatic hydroxyl groups is 1. The van der Waals surface area contributed by atoms with Gasteiger partial charge in [-0.3, -0.25) is 0 Å². The van der Waals surface area contributed by atoms with E-state index in [1.165, 1.54) is 0 Å². The molecule has 1 fully saturated rings. The number of benzene rings is 2. The van der Waals surface area contributed by atoms with Gasteiger partial charge in [0.1, 0.15) is 0 Å². The number of hydrogen-bond donors (Lipinski definition) is 3. The number of morpholine rings is 1. The van der Waals surface area contributed by atoms with E-state index in [1.807, 2.05) is 42.2 Å². The summed E-state index contributed by atoms with van der Waals surface area (Å²) in [5.41, 5.74) is 9.08. The molecule has 0 saturated carbocycles. The summed E-state index contributed by atoms with van der Waals surface area (Å²) in [4.78, 5) is 15.8. The lowest BCUT2D eigenvalue weighted by molar-refractivity contribution is 0.122. The summed E-state index contributed by atoms with van der Waals surface area (Å²) in [5.74, 6) is 1.09. The number of phenolic OH excluding ortho intramolecular Hbond substituents is 1. The van der Waals surface area contributed by atoms with Crippen molar-refractivity contribution in [3.05, 3.63) is 56.7 Å². The van der Waals surface area contributed by atoms with Crippen molar-refractivity contribution < 1.29 is 14.6 Å². The number of anilines is 3. The van der Waals surface area contributed by atoms with Crippen LogP contribution in [0.3, 0.4) is 0 Å². The fourth-order valence-electron chi connectivity index (χ4n) is 3.49. The second-order valence-electron chi connectivity index (χ2n) is 7.31. The normalized spacial score (nSPS) is 14.5. The Morgan fingerprint density at radius 2 is 1.94 bits per heavy atom. The largest absolute Gasteiger partial charge is 0.504 e. The summed E-state index contributed by atoms with van der Waals surface area (Å²) >= 11 is 6.98. The summed E-state index contributed by atoms with van der Waals surface area (Å²) < 4.78 is 12.2. The highest BCUT2D eigenvalue weighted by Crippen LogP contribution is 2.46. The van der Waals surface area contributed by atoms with Gasteiger partial charge in [-0.05, 0) is 57.0 Å². The Morgan fingerprint density at radius 3 is 2.62 bits per heavy atom. The van der Waals surface area contributed by atoms with E-state index in [0.717, 1.165) is 5.69 Å². The molecule has 1 aliphatic heterocycles. The molecule has 0 radical (unpaired) electrons. The van der Waals surface area contributed by atoms with Crippen molar-refractivity contribution in [2.45, 2.75) is 13.0 Å². The van der Waals surface area contributed by atoms with E-state index in [9.17, 15) is 5.11 Å². The van der Waals surface area contributed by atoms with Gasteiger partial charge in [0.2, 0.25) is 11.9 Å². The summed E-state index contributed by atoms with van der Waals surface area (Å²) in [7, 11) is 0. The van der Waals surface area contributed by atoms with Gasteiger partial charge in [-0.2, -0.15) is 20.1 Å². The third-order valence-corrected chi connectivity index (χ3v) is 7.12. The molecule has 0 bridgehead atoms. The van der Waals surface area contributed by atoms with Crippen LogP contribution in [-0.4, -0.2) is 53.0 Å². The molecule has 2 heterocycles. The minimum Gasteiger partial charge on any atom is -0.504 e. The van der Waals surface area contributed by atoms with Crippen LogP contribution in [0.5, 0.6) is 11.5 Å². The highest BCUT2D eigenvalue weighted by Gasteiger charge is 2.29. The van der Waals surface area contributed by atoms with E-state index in [4.69, 9.17) is 15.0 Å². The molecule has 4 rings (SSSR count). The molecule has 34 heavy (non-hydrogen) atoms. The van der Waals surface area contributed by atoms with Gasteiger partial charge < -0.3 is 24.8 Å². The third-order valence-electron chi connectivity index (χ3n) is 5.10. The molecule has 178 valence electrons. The topological polar surface area (TPSA) is 129 Å². The Hall–Kier alpha value is -2.83. The van der Waals surface area contributed by atoms with E-state index in [-0.39, 0.29) is 17.3 Å². The molecule has 3 N–H and O–H groups in total. The Balaban J connectivity index is 1.83. The van der Waals surface area contributed by atoms with E-state index in [1.54, 1.807) is 6.07 Å². The number of rotatable bonds is 8. The highest BCUT2D eigenvalue weighted by atomic mass is 79.9. The number of nitrogens with one attached hydrogen (secondary N) is 2. The molecule has 1 unspecified atom stereocenters. The first-order chi connectivity index (χ1) is 16.5. The minimum absolute atomic E-state index is 0.135. The third kappa shape index (κ3) is 5.29. The number of aromatic nitrogens is 3. The summed E-state index contributed by atoms with van der Waals surface area (Å²) in [6.07, 6.45) is 0. The Kier molecular flexibility index (Phi) is 7.91. The predicted octanol–water partition coefficient (Wildman–Crippen LogP) is 5.20. The van der Waals surface area contributed by atoms with Gasteiger partial charge in [-0.1, -0.05) is 18.2 Å². The minimum atomic E-state index is -1.01. The molecule has 12 heteroatoms. The van der Waals surface area contributed by atoms with Gasteiger partial charge in [-0.15, -0.1) is 0 Å². The summed E-state index contributed by atoms with van der Waals surface area (Å²) in [6, 6.07) is 10.2. The molecule has 0 amide bonds. The lowest BCUT2D eigenvalue weighted by Crippen LogP contribution is -2.37. The number of halogens is 2. The molecular formula is C22H23Br2N7O3. The van der Waals surface area contributed by atoms with Gasteiger partial charge in [-0.25, -0.2) is 5.53 Å². The highest BCUT2D eigenvalue weighted by molar-refractivity contribution is 9.13. The van der Waals surface area contributed by atoms with Crippen LogP contribution in [0.25, 0.3) is 0 Å². The molecule has 0 aliphatic carbocycles. The van der Waals surface area contributed by atoms with Crippen LogP contribution in [0.1, 0.15) is 24.4 Å². The average molecular weight is 593 g/mol. The maximum absolute atomic E-state index is 11.0. The van der Waals surface area contributed by atoms with Crippen LogP contribution in [0.2, 0.25) is 0 Å². The Labute approximate surface area is 213 Å². The lowest BCUT2D eigenvalue weighted by atomic mass is 10.0. The van der Waals surface area contributed by atoms with Gasteiger partial charge in [0, 0.05) is 33.3 Å². The van der Waals surface area contributed by atoms with Crippen molar-refractivity contribution >= 4 is 49.4 Å². The van der Waals surface area contributed by atoms with Gasteiger partial charge in [0.15, 0.2) is 23.4 Å². The first kappa shape index (κ1) is 24.3. The van der Waals surface area contributed by atoms with Crippen LogP contribution in [0, 0.1) is 5.53 Å². The van der Waals surface area contributed by atoms with Crippen molar-refractivity contribution in [2.75, 3.05) is 43.1 Å². The number of para-hydroxylation sites is 1. The maximum atomic E-state index is 11.0. The fourth-order valence-corrected chi connectivity index (χ4v) is 4.43. The van der Waals surface area contributed by atoms with E-state index in [0.29, 0.717) is 59.3 Å². The van der Waals surface area contributed by atoms with Gasteiger partial charge in [0.05, 0.1) is 19.8 Å². The maximum Gasteiger partial charge on any atom is 0.232 e. The van der Waals surface area contributed by atoms with E-state index >= 15 is 0 Å². The van der Waals surface area contributed by atoms with Crippen LogP contribution < -0.4 is 15.0 Å². The molecule has 3 aromatic rings. The lowest BCUT2D eigenvalue weighted by Gasteiger charge is -2.27. The van der Waals surface area contributed by atoms with Crippen LogP contribution >= 0.6 is 31.9 Å². The van der Waals surface area contributed by atoms with Crippen molar-refractivity contribution in [1.29, 1.82) is 5.53 Å². The molecule has 1 aliphatic rings. The van der Waals surface area contributed by atoms with Crippen LogP contribution in [0.15, 0.2) is 50.5 Å². The quantitative estimate of drug-likeness (QED) is 0.304. The van der Waals surface area contributed by atoms with Crippen molar-refractivity contribution in [3.63, 3.8) is 0 Å². The molecule has 1 saturated heterocycles. The Bertz CT molecular complexity index is 1160. The van der Waals surface area contributed by atoms with Crippen LogP contribution in [-0.2, 0) is 4.74 Å². The summed E-state index contributed by atoms with van der Waals surface area (Å²) in [5, 5.41) is 18.0. The molecule has 2 aromatic carbocycles. The fraction of sp³-hybridized carbons (Fsp3) is 0.318. The first-order valence-electron chi connectivity index (χ1n) is 10.6. The van der Waals surface area contributed by atoms with E-state index in [2.05, 4.69) is 57.2 Å². The smallest absolute Gasteiger partial charge is 0.232 e. The molecule has 10 nitrogen and oxygen atoms in total. The van der Waals surface area contributed by atoms with Crippen molar-refractivity contribution in [3.8, 4) is 11.5 Å². The van der Waals surface area contributed by atoms with Gasteiger partial charge in [0.25, 0.3) is 0 Å². The van der Waals surface area contributed by atoms with Crippen molar-refractivity contribution in [2.24, 2.45) is 5.11 Å². The standard InChI is InChI=1S/C22H23Br2N7O3/c1-2-34-15-12-14(23)17(24)16(19(15)32)18(30-25)20-27-21(26-13-6-4-3-5-7-13)29-22(28-20)31-8-10-33-11-9-31/h3-7,12,18,25,32H,2,8-11H2,1H3,(H,26,27,28,29). The first-order valence-corrected chi connectivity index (χ1v) is 12.2. The van der Waals surface area contributed by atoms with Crippen LogP contribution in [0.4, 0.5) is 17.6 Å². The zero-order chi connectivity index (χ0) is 24.1. The second kappa shape index (κ2) is 11.1. The zero-order valence-electron chi connectivity index (χ0n) is 18.3. The molecule has 1 aromatic heterocycles.